The van der Waals surface area contributed by atoms with E-state index in [0.29, 0.717) is 4.47 Å². The fourth-order valence-electron chi connectivity index (χ4n) is 3.78. The van der Waals surface area contributed by atoms with Crippen molar-refractivity contribution in [3.8, 4) is 6.07 Å². The van der Waals surface area contributed by atoms with Crippen LogP contribution in [-0.4, -0.2) is 23.0 Å². The Labute approximate surface area is 202 Å². The number of alkyl halides is 3. The Balaban J connectivity index is 1.95. The van der Waals surface area contributed by atoms with E-state index in [1.165, 1.54) is 48.7 Å². The number of halogens is 4. The van der Waals surface area contributed by atoms with Gasteiger partial charge in [-0.05, 0) is 36.8 Å². The minimum absolute atomic E-state index is 0.0355. The first kappa shape index (κ1) is 23.5. The van der Waals surface area contributed by atoms with Crippen molar-refractivity contribution in [2.24, 2.45) is 0 Å². The minimum atomic E-state index is -4.97. The second-order valence-electron chi connectivity index (χ2n) is 7.70. The number of nitriles is 1. The van der Waals surface area contributed by atoms with Crippen LogP contribution >= 0.6 is 15.9 Å². The quantitative estimate of drug-likeness (QED) is 0.349. The molecule has 1 aromatic heterocycles. The molecule has 0 saturated carbocycles. The van der Waals surface area contributed by atoms with Crippen LogP contribution in [0.15, 0.2) is 83.3 Å². The molecular weight excluding hydrogens is 511 g/mol. The summed E-state index contributed by atoms with van der Waals surface area (Å²) < 4.78 is 51.1. The van der Waals surface area contributed by atoms with Gasteiger partial charge in [0.15, 0.2) is 6.10 Å². The van der Waals surface area contributed by atoms with Crippen molar-refractivity contribution in [3.63, 3.8) is 0 Å². The SMILES string of the molecule is Cc1ccc(C2(C(F)(F)F)N/C(=C(/C#N)c3ccccn3)OC2C(=O)c2ccc(Br)cc2)cc1. The number of aromatic nitrogens is 1. The molecule has 0 bridgehead atoms. The maximum Gasteiger partial charge on any atom is 0.419 e. The van der Waals surface area contributed by atoms with Crippen molar-refractivity contribution < 1.29 is 22.7 Å². The van der Waals surface area contributed by atoms with Gasteiger partial charge >= 0.3 is 6.18 Å². The predicted molar refractivity (Wildman–Crippen MR) is 122 cm³/mol. The molecule has 1 aliphatic heterocycles. The molecule has 2 aromatic carbocycles. The molecule has 172 valence electrons. The molecule has 9 heteroatoms. The van der Waals surface area contributed by atoms with Gasteiger partial charge in [-0.3, -0.25) is 9.78 Å². The lowest BCUT2D eigenvalue weighted by Crippen LogP contribution is -2.58. The number of rotatable bonds is 4. The van der Waals surface area contributed by atoms with E-state index in [-0.39, 0.29) is 22.4 Å². The van der Waals surface area contributed by atoms with Crippen LogP contribution in [0.4, 0.5) is 13.2 Å². The Hall–Kier alpha value is -3.64. The van der Waals surface area contributed by atoms with Gasteiger partial charge in [-0.15, -0.1) is 0 Å². The van der Waals surface area contributed by atoms with Gasteiger partial charge in [0.2, 0.25) is 17.2 Å². The zero-order chi connectivity index (χ0) is 24.5. The third-order valence-corrected chi connectivity index (χ3v) is 6.05. The summed E-state index contributed by atoms with van der Waals surface area (Å²) in [6.07, 6.45) is -5.59. The standard InChI is InChI=1S/C25H17BrF3N3O2/c1-15-5-9-17(10-6-15)24(25(27,28)29)22(21(33)16-7-11-18(26)12-8-16)34-23(32-24)19(14-30)20-4-2-3-13-31-20/h2-13,22,32H,1H3/b23-19+. The van der Waals surface area contributed by atoms with Crippen molar-refractivity contribution in [1.82, 2.24) is 10.3 Å². The van der Waals surface area contributed by atoms with Crippen LogP contribution in [-0.2, 0) is 10.3 Å². The van der Waals surface area contributed by atoms with Gasteiger partial charge in [0.1, 0.15) is 11.6 Å². The van der Waals surface area contributed by atoms with Crippen molar-refractivity contribution in [3.05, 3.63) is 106 Å². The lowest BCUT2D eigenvalue weighted by molar-refractivity contribution is -0.204. The number of hydrogen-bond acceptors (Lipinski definition) is 5. The van der Waals surface area contributed by atoms with Gasteiger partial charge < -0.3 is 10.1 Å². The van der Waals surface area contributed by atoms with Gasteiger partial charge in [-0.25, -0.2) is 0 Å². The first-order chi connectivity index (χ1) is 16.2. The second kappa shape index (κ2) is 8.95. The van der Waals surface area contributed by atoms with Crippen LogP contribution in [0.25, 0.3) is 5.57 Å². The third-order valence-electron chi connectivity index (χ3n) is 5.52. The molecule has 1 saturated heterocycles. The summed E-state index contributed by atoms with van der Waals surface area (Å²) in [6.45, 7) is 1.74. The molecule has 1 aliphatic rings. The minimum Gasteiger partial charge on any atom is -0.463 e. The smallest absolute Gasteiger partial charge is 0.419 e. The molecule has 2 atom stereocenters. The number of nitrogens with zero attached hydrogens (tertiary/aromatic N) is 2. The molecule has 0 spiro atoms. The lowest BCUT2D eigenvalue weighted by atomic mass is 9.80. The number of carbonyl (C=O) groups is 1. The maximum atomic E-state index is 14.9. The fourth-order valence-corrected chi connectivity index (χ4v) is 4.04. The number of ketones is 1. The molecule has 0 aliphatic carbocycles. The summed E-state index contributed by atoms with van der Waals surface area (Å²) in [5.74, 6) is -1.35. The number of allylic oxidation sites excluding steroid dienone is 1. The van der Waals surface area contributed by atoms with Gasteiger partial charge in [0.25, 0.3) is 0 Å². The van der Waals surface area contributed by atoms with Crippen LogP contribution in [0.5, 0.6) is 0 Å². The van der Waals surface area contributed by atoms with Crippen LogP contribution in [0.2, 0.25) is 0 Å². The number of pyridine rings is 1. The van der Waals surface area contributed by atoms with Crippen molar-refractivity contribution in [1.29, 1.82) is 5.26 Å². The van der Waals surface area contributed by atoms with Gasteiger partial charge in [0, 0.05) is 16.2 Å². The molecule has 1 N–H and O–H groups in total. The van der Waals surface area contributed by atoms with Crippen LogP contribution in [0, 0.1) is 18.3 Å². The topological polar surface area (TPSA) is 75.0 Å². The van der Waals surface area contributed by atoms with Gasteiger partial charge in [-0.2, -0.15) is 18.4 Å². The number of benzene rings is 2. The maximum absolute atomic E-state index is 14.9. The molecule has 4 rings (SSSR count). The Morgan fingerprint density at radius 3 is 2.35 bits per heavy atom. The zero-order valence-electron chi connectivity index (χ0n) is 17.7. The van der Waals surface area contributed by atoms with Crippen LogP contribution in [0.3, 0.4) is 0 Å². The highest BCUT2D eigenvalue weighted by molar-refractivity contribution is 9.10. The Bertz CT molecular complexity index is 1280. The predicted octanol–water partition coefficient (Wildman–Crippen LogP) is 5.67. The van der Waals surface area contributed by atoms with Crippen LogP contribution in [0.1, 0.15) is 27.2 Å². The first-order valence-electron chi connectivity index (χ1n) is 10.1. The molecule has 5 nitrogen and oxygen atoms in total. The number of hydrogen-bond donors (Lipinski definition) is 1. The summed E-state index contributed by atoms with van der Waals surface area (Å²) in [5.41, 5.74) is -2.49. The number of ether oxygens (including phenoxy) is 1. The van der Waals surface area contributed by atoms with Gasteiger partial charge in [0.05, 0.1) is 5.69 Å². The highest BCUT2D eigenvalue weighted by Crippen LogP contribution is 2.49. The highest BCUT2D eigenvalue weighted by atomic mass is 79.9. The average Bonchev–Trinajstić information content (AvgIpc) is 3.22. The average molecular weight is 528 g/mol. The zero-order valence-corrected chi connectivity index (χ0v) is 19.3. The van der Waals surface area contributed by atoms with Crippen molar-refractivity contribution in [2.45, 2.75) is 24.7 Å². The molecule has 0 amide bonds. The lowest BCUT2D eigenvalue weighted by Gasteiger charge is -2.34. The summed E-state index contributed by atoms with van der Waals surface area (Å²) in [7, 11) is 0. The highest BCUT2D eigenvalue weighted by Gasteiger charge is 2.68. The normalized spacial score (nSPS) is 21.2. The van der Waals surface area contributed by atoms with E-state index in [1.54, 1.807) is 31.2 Å². The van der Waals surface area contributed by atoms with E-state index in [2.05, 4.69) is 26.2 Å². The molecular formula is C25H17BrF3N3O2. The molecule has 34 heavy (non-hydrogen) atoms. The summed E-state index contributed by atoms with van der Waals surface area (Å²) in [5, 5.41) is 12.1. The molecule has 2 heterocycles. The van der Waals surface area contributed by atoms with Crippen molar-refractivity contribution in [2.75, 3.05) is 0 Å². The second-order valence-corrected chi connectivity index (χ2v) is 8.61. The van der Waals surface area contributed by atoms with E-state index < -0.39 is 29.5 Å². The van der Waals surface area contributed by atoms with E-state index >= 15 is 0 Å². The Morgan fingerprint density at radius 2 is 1.79 bits per heavy atom. The molecule has 1 fully saturated rings. The third kappa shape index (κ3) is 4.05. The van der Waals surface area contributed by atoms with E-state index in [1.807, 2.05) is 6.07 Å². The van der Waals surface area contributed by atoms with Crippen molar-refractivity contribution >= 4 is 27.3 Å². The molecule has 0 radical (unpaired) electrons. The fraction of sp³-hybridized carbons (Fsp3) is 0.160. The van der Waals surface area contributed by atoms with E-state index in [9.17, 15) is 23.2 Å². The Morgan fingerprint density at radius 1 is 1.12 bits per heavy atom. The van der Waals surface area contributed by atoms with E-state index in [4.69, 9.17) is 4.74 Å². The number of nitrogens with one attached hydrogen (secondary N) is 1. The first-order valence-corrected chi connectivity index (χ1v) is 10.9. The number of carbonyl (C=O) groups excluding carboxylic acids is 1. The summed E-state index contributed by atoms with van der Waals surface area (Å²) in [4.78, 5) is 17.5. The molecule has 2 unspecified atom stereocenters. The van der Waals surface area contributed by atoms with Gasteiger partial charge in [-0.1, -0.05) is 64.0 Å². The van der Waals surface area contributed by atoms with Crippen LogP contribution < -0.4 is 5.32 Å². The Kier molecular flexibility index (Phi) is 6.19. The summed E-state index contributed by atoms with van der Waals surface area (Å²) >= 11 is 3.25. The number of Topliss-reactive ketones (excluding diaryl/α,β-unsaturated/α-hetero) is 1. The monoisotopic (exact) mass is 527 g/mol. The summed E-state index contributed by atoms with van der Waals surface area (Å²) in [6, 6.07) is 18.1. The number of aryl methyl sites for hydroxylation is 1. The van der Waals surface area contributed by atoms with E-state index in [0.717, 1.165) is 5.56 Å². The largest absolute Gasteiger partial charge is 0.463 e. The molecule has 3 aromatic rings.